The highest BCUT2D eigenvalue weighted by Crippen LogP contribution is 2.21. The summed E-state index contributed by atoms with van der Waals surface area (Å²) in [5, 5.41) is 1.66. The monoisotopic (exact) mass is 233 g/mol. The van der Waals surface area contributed by atoms with Gasteiger partial charge in [0.2, 0.25) is 0 Å². The summed E-state index contributed by atoms with van der Waals surface area (Å²) in [5.41, 5.74) is 0. The first-order valence-corrected chi connectivity index (χ1v) is 6.48. The van der Waals surface area contributed by atoms with Crippen LogP contribution in [0.5, 0.6) is 0 Å². The topological polar surface area (TPSA) is 47.0 Å². The van der Waals surface area contributed by atoms with Crippen molar-refractivity contribution in [3.05, 3.63) is 49.2 Å². The number of benzene rings is 1. The maximum atomic E-state index is 11.9. The van der Waals surface area contributed by atoms with Gasteiger partial charge in [-0.15, -0.1) is 6.58 Å². The lowest BCUT2D eigenvalue weighted by atomic mass is 10.2. The average molecular weight is 233 g/mol. The van der Waals surface area contributed by atoms with E-state index >= 15 is 0 Å². The van der Waals surface area contributed by atoms with Crippen molar-refractivity contribution in [1.82, 2.24) is 4.98 Å². The summed E-state index contributed by atoms with van der Waals surface area (Å²) in [6.45, 7) is 3.44. The number of hydrogen-bond acceptors (Lipinski definition) is 3. The molecule has 1 heterocycles. The Balaban J connectivity index is 2.75. The van der Waals surface area contributed by atoms with E-state index in [-0.39, 0.29) is 10.8 Å². The number of pyridine rings is 1. The van der Waals surface area contributed by atoms with Crippen molar-refractivity contribution < 1.29 is 8.42 Å². The molecule has 1 aromatic carbocycles. The third kappa shape index (κ3) is 1.84. The lowest BCUT2D eigenvalue weighted by Crippen LogP contribution is -2.07. The van der Waals surface area contributed by atoms with Crippen molar-refractivity contribution in [3.63, 3.8) is 0 Å². The Bertz CT molecular complexity index is 627. The second-order valence-corrected chi connectivity index (χ2v) is 5.36. The fraction of sp³-hybridized carbons (Fsp3) is 0.0833. The highest BCUT2D eigenvalue weighted by atomic mass is 32.2. The van der Waals surface area contributed by atoms with Gasteiger partial charge in [0.05, 0.1) is 5.75 Å². The average Bonchev–Trinajstić information content (AvgIpc) is 2.28. The molecule has 0 unspecified atom stereocenters. The minimum atomic E-state index is -3.37. The Morgan fingerprint density at radius 3 is 2.75 bits per heavy atom. The molecule has 0 atom stereocenters. The van der Waals surface area contributed by atoms with Crippen LogP contribution in [0.2, 0.25) is 0 Å². The Morgan fingerprint density at radius 1 is 1.25 bits per heavy atom. The largest absolute Gasteiger partial charge is 0.244 e. The molecule has 2 rings (SSSR count). The maximum Gasteiger partial charge on any atom is 0.199 e. The first kappa shape index (κ1) is 10.8. The van der Waals surface area contributed by atoms with Crippen molar-refractivity contribution in [1.29, 1.82) is 0 Å². The molecular weight excluding hydrogens is 222 g/mol. The first-order chi connectivity index (χ1) is 7.65. The number of nitrogens with zero attached hydrogens (tertiary/aromatic N) is 1. The van der Waals surface area contributed by atoms with Gasteiger partial charge in [0.25, 0.3) is 0 Å². The van der Waals surface area contributed by atoms with Crippen molar-refractivity contribution >= 4 is 20.6 Å². The van der Waals surface area contributed by atoms with Crippen LogP contribution < -0.4 is 0 Å². The number of sulfone groups is 1. The predicted molar refractivity (Wildman–Crippen MR) is 64.0 cm³/mol. The van der Waals surface area contributed by atoms with Crippen molar-refractivity contribution in [3.8, 4) is 0 Å². The minimum absolute atomic E-state index is 0.0893. The third-order valence-electron chi connectivity index (χ3n) is 2.27. The Hall–Kier alpha value is -1.68. The summed E-state index contributed by atoms with van der Waals surface area (Å²) < 4.78 is 23.8. The molecule has 3 nitrogen and oxygen atoms in total. The molecule has 0 fully saturated rings. The maximum absolute atomic E-state index is 11.9. The molecule has 0 aliphatic carbocycles. The van der Waals surface area contributed by atoms with Gasteiger partial charge in [-0.2, -0.15) is 0 Å². The van der Waals surface area contributed by atoms with Crippen molar-refractivity contribution in [2.45, 2.75) is 5.03 Å². The van der Waals surface area contributed by atoms with Crippen molar-refractivity contribution in [2.75, 3.05) is 5.75 Å². The van der Waals surface area contributed by atoms with Gasteiger partial charge in [-0.3, -0.25) is 0 Å². The van der Waals surface area contributed by atoms with E-state index in [1.165, 1.54) is 12.3 Å². The van der Waals surface area contributed by atoms with Gasteiger partial charge in [-0.25, -0.2) is 13.4 Å². The molecule has 16 heavy (non-hydrogen) atoms. The van der Waals surface area contributed by atoms with E-state index < -0.39 is 9.84 Å². The van der Waals surface area contributed by atoms with Crippen LogP contribution in [0, 0.1) is 0 Å². The summed E-state index contributed by atoms with van der Waals surface area (Å²) in [4.78, 5) is 3.96. The number of fused-ring (bicyclic) bond motifs is 1. The second kappa shape index (κ2) is 4.06. The van der Waals surface area contributed by atoms with E-state index in [0.29, 0.717) is 5.39 Å². The van der Waals surface area contributed by atoms with E-state index in [9.17, 15) is 8.42 Å². The summed E-state index contributed by atoms with van der Waals surface area (Å²) in [6.07, 6.45) is 2.89. The molecule has 2 aromatic rings. The van der Waals surface area contributed by atoms with Gasteiger partial charge in [0, 0.05) is 11.6 Å². The highest BCUT2D eigenvalue weighted by molar-refractivity contribution is 7.91. The third-order valence-corrected chi connectivity index (χ3v) is 3.86. The Kier molecular flexibility index (Phi) is 2.75. The predicted octanol–water partition coefficient (Wildman–Crippen LogP) is 2.19. The molecule has 1 aromatic heterocycles. The number of aromatic nitrogens is 1. The zero-order valence-electron chi connectivity index (χ0n) is 8.63. The van der Waals surface area contributed by atoms with Crippen LogP contribution in [0.4, 0.5) is 0 Å². The number of rotatable bonds is 3. The lowest BCUT2D eigenvalue weighted by Gasteiger charge is -2.04. The van der Waals surface area contributed by atoms with Crippen LogP contribution in [0.1, 0.15) is 0 Å². The first-order valence-electron chi connectivity index (χ1n) is 4.82. The SMILES string of the molecule is C=CCS(=O)(=O)c1nccc2ccccc12. The lowest BCUT2D eigenvalue weighted by molar-refractivity contribution is 0.596. The molecule has 0 saturated heterocycles. The van der Waals surface area contributed by atoms with Crippen LogP contribution in [-0.4, -0.2) is 19.2 Å². The molecule has 82 valence electrons. The molecule has 0 saturated carbocycles. The van der Waals surface area contributed by atoms with Gasteiger partial charge < -0.3 is 0 Å². The molecule has 0 amide bonds. The van der Waals surface area contributed by atoms with E-state index in [1.54, 1.807) is 18.2 Å². The molecule has 0 radical (unpaired) electrons. The van der Waals surface area contributed by atoms with E-state index in [4.69, 9.17) is 0 Å². The fourth-order valence-corrected chi connectivity index (χ4v) is 2.78. The molecule has 0 bridgehead atoms. The van der Waals surface area contributed by atoms with Crippen LogP contribution in [0.15, 0.2) is 54.2 Å². The molecule has 0 N–H and O–H groups in total. The quantitative estimate of drug-likeness (QED) is 0.763. The standard InChI is InChI=1S/C12H11NO2S/c1-2-9-16(14,15)12-11-6-4-3-5-10(11)7-8-13-12/h2-8H,1,9H2. The fourth-order valence-electron chi connectivity index (χ4n) is 1.57. The molecule has 0 aliphatic rings. The zero-order chi connectivity index (χ0) is 11.6. The normalized spacial score (nSPS) is 11.5. The van der Waals surface area contributed by atoms with Crippen molar-refractivity contribution in [2.24, 2.45) is 0 Å². The smallest absolute Gasteiger partial charge is 0.199 e. The summed E-state index contributed by atoms with van der Waals surface area (Å²) in [6, 6.07) is 9.09. The van der Waals surface area contributed by atoms with Crippen LogP contribution >= 0.6 is 0 Å². The molecule has 0 aliphatic heterocycles. The zero-order valence-corrected chi connectivity index (χ0v) is 9.44. The molecule has 4 heteroatoms. The van der Waals surface area contributed by atoms with E-state index in [2.05, 4.69) is 11.6 Å². The van der Waals surface area contributed by atoms with Gasteiger partial charge in [-0.1, -0.05) is 30.3 Å². The van der Waals surface area contributed by atoms with Gasteiger partial charge >= 0.3 is 0 Å². The van der Waals surface area contributed by atoms with Gasteiger partial charge in [-0.05, 0) is 11.5 Å². The van der Waals surface area contributed by atoms with Crippen LogP contribution in [-0.2, 0) is 9.84 Å². The molecule has 0 spiro atoms. The van der Waals surface area contributed by atoms with Gasteiger partial charge in [0.15, 0.2) is 14.9 Å². The van der Waals surface area contributed by atoms with E-state index in [1.807, 2.05) is 12.1 Å². The Morgan fingerprint density at radius 2 is 2.00 bits per heavy atom. The van der Waals surface area contributed by atoms with Crippen LogP contribution in [0.25, 0.3) is 10.8 Å². The Labute approximate surface area is 94.4 Å². The van der Waals surface area contributed by atoms with E-state index in [0.717, 1.165) is 5.39 Å². The summed E-state index contributed by atoms with van der Waals surface area (Å²) >= 11 is 0. The van der Waals surface area contributed by atoms with Gasteiger partial charge in [0.1, 0.15) is 0 Å². The summed E-state index contributed by atoms with van der Waals surface area (Å²) in [5.74, 6) is -0.0893. The minimum Gasteiger partial charge on any atom is -0.244 e. The number of hydrogen-bond donors (Lipinski definition) is 0. The molecular formula is C12H11NO2S. The second-order valence-electron chi connectivity index (χ2n) is 3.41. The highest BCUT2D eigenvalue weighted by Gasteiger charge is 2.16. The van der Waals surface area contributed by atoms with Crippen LogP contribution in [0.3, 0.4) is 0 Å². The summed E-state index contributed by atoms with van der Waals surface area (Å²) in [7, 11) is -3.37.